The van der Waals surface area contributed by atoms with Crippen LogP contribution in [0.5, 0.6) is 0 Å². The molecule has 7 heteroatoms. The summed E-state index contributed by atoms with van der Waals surface area (Å²) in [5.41, 5.74) is 0. The second kappa shape index (κ2) is 13.6. The molecular formula is C36H84GeSi6. The Kier molecular flexibility index (Phi) is 14.9. The van der Waals surface area contributed by atoms with E-state index in [-0.39, 0.29) is 8.80 Å². The van der Waals surface area contributed by atoms with Crippen LogP contribution in [-0.4, -0.2) is 60.2 Å². The van der Waals surface area contributed by atoms with Crippen LogP contribution in [0.2, 0.25) is 66.5 Å². The van der Waals surface area contributed by atoms with Crippen LogP contribution in [0.3, 0.4) is 0 Å². The first kappa shape index (κ1) is 47.0. The van der Waals surface area contributed by atoms with Gasteiger partial charge in [-0.3, -0.25) is 0 Å². The first-order chi connectivity index (χ1) is 17.9. The summed E-state index contributed by atoms with van der Waals surface area (Å²) in [5, 5.41) is 3.62. The molecule has 4 radical (unpaired) electrons. The molecule has 0 N–H and O–H groups in total. The van der Waals surface area contributed by atoms with E-state index in [0.717, 1.165) is 0 Å². The maximum atomic E-state index is 2.92. The molecule has 0 saturated carbocycles. The van der Waals surface area contributed by atoms with Gasteiger partial charge in [-0.25, -0.2) is 0 Å². The molecule has 0 aliphatic carbocycles. The molecule has 0 nitrogen and oxygen atoms in total. The predicted octanol–water partition coefficient (Wildman–Crippen LogP) is 13.7. The molecule has 0 atom stereocenters. The van der Waals surface area contributed by atoms with Crippen LogP contribution in [0.1, 0.15) is 166 Å². The van der Waals surface area contributed by atoms with E-state index in [1.165, 1.54) is 0 Å². The number of hydrogen-bond donors (Lipinski definition) is 0. The molecule has 43 heavy (non-hydrogen) atoms. The Bertz CT molecular complexity index is 832. The molecule has 0 unspecified atom stereocenters. The van der Waals surface area contributed by atoms with E-state index < -0.39 is 36.0 Å². The summed E-state index contributed by atoms with van der Waals surface area (Å²) in [7, 11) is -5.91. The fraction of sp³-hybridized carbons (Fsp3) is 1.00. The van der Waals surface area contributed by atoms with Gasteiger partial charge in [0.25, 0.3) is 0 Å². The zero-order valence-electron chi connectivity index (χ0n) is 35.5. The van der Waals surface area contributed by atoms with Crippen LogP contribution in [0, 0.1) is 0 Å². The topological polar surface area (TPSA) is 0 Å². The second-order valence-electron chi connectivity index (χ2n) is 22.8. The van der Waals surface area contributed by atoms with Crippen LogP contribution >= 0.6 is 0 Å². The van der Waals surface area contributed by atoms with Crippen molar-refractivity contribution in [2.24, 2.45) is 0 Å². The maximum Gasteiger partial charge on any atom is 0.0561 e. The van der Waals surface area contributed by atoms with Crippen molar-refractivity contribution in [2.45, 2.75) is 233 Å². The molecule has 0 rings (SSSR count). The molecule has 0 aromatic carbocycles. The number of hydrogen-bond acceptors (Lipinski definition) is 0. The van der Waals surface area contributed by atoms with E-state index in [0.29, 0.717) is 40.3 Å². The average Bonchev–Trinajstić information content (AvgIpc) is 2.66. The summed E-state index contributed by atoms with van der Waals surface area (Å²) in [5.74, 6) is -0.558. The molecule has 0 heterocycles. The second-order valence-corrected chi connectivity index (χ2v) is 76.2. The van der Waals surface area contributed by atoms with E-state index in [1.807, 2.05) is 0 Å². The van der Waals surface area contributed by atoms with E-state index >= 15 is 0 Å². The third-order valence-corrected chi connectivity index (χ3v) is 120. The van der Waals surface area contributed by atoms with Crippen molar-refractivity contribution < 1.29 is 0 Å². The van der Waals surface area contributed by atoms with E-state index in [1.54, 1.807) is 0 Å². The van der Waals surface area contributed by atoms with Crippen LogP contribution < -0.4 is 0 Å². The monoisotopic (exact) mass is 758 g/mol. The van der Waals surface area contributed by atoms with E-state index in [4.69, 9.17) is 0 Å². The first-order valence-electron chi connectivity index (χ1n) is 17.2. The van der Waals surface area contributed by atoms with Crippen molar-refractivity contribution in [3.05, 3.63) is 0 Å². The Hall–Kier alpha value is 1.84. The van der Waals surface area contributed by atoms with Crippen LogP contribution in [0.15, 0.2) is 0 Å². The quantitative estimate of drug-likeness (QED) is 0.251. The van der Waals surface area contributed by atoms with Crippen molar-refractivity contribution in [1.82, 2.24) is 0 Å². The van der Waals surface area contributed by atoms with Gasteiger partial charge in [0.2, 0.25) is 0 Å². The summed E-state index contributed by atoms with van der Waals surface area (Å²) in [6, 6.07) is 0. The normalized spacial score (nSPS) is 16.0. The van der Waals surface area contributed by atoms with Gasteiger partial charge in [-0.05, 0) is 10.1 Å². The van der Waals surface area contributed by atoms with Gasteiger partial charge < -0.3 is 0 Å². The van der Waals surface area contributed by atoms with Crippen molar-refractivity contribution in [2.75, 3.05) is 0 Å². The first-order valence-corrected chi connectivity index (χ1v) is 36.9. The molecule has 0 spiro atoms. The summed E-state index contributed by atoms with van der Waals surface area (Å²) >= 11 is 2.91. The smallest absolute Gasteiger partial charge is 0.0561 e. The standard InChI is InChI=1S/C27H63GeSi5.C9H21Si/c1-22(2,3)31(19,23(4,5)6)29(28)30(32(20,24(7,8)9)25(10,11)12)33(21,26(13,14)15)27(16,17)18;1-8(2,3)10(7)9(4,5)6/h1-21H3;1-7H3. The Balaban J connectivity index is 0. The average molecular weight is 758 g/mol. The molecule has 0 amide bonds. The Morgan fingerprint density at radius 3 is 0.605 bits per heavy atom. The van der Waals surface area contributed by atoms with Gasteiger partial charge in [-0.2, -0.15) is 0 Å². The van der Waals surface area contributed by atoms with Gasteiger partial charge >= 0.3 is 226 Å². The molecule has 0 aliphatic rings. The van der Waals surface area contributed by atoms with Gasteiger partial charge in [0.1, 0.15) is 0 Å². The fourth-order valence-corrected chi connectivity index (χ4v) is 171. The Morgan fingerprint density at radius 2 is 0.512 bits per heavy atom. The van der Waals surface area contributed by atoms with Gasteiger partial charge in [-0.15, -0.1) is 0 Å². The van der Waals surface area contributed by atoms with Gasteiger partial charge in [0.15, 0.2) is 0 Å². The Labute approximate surface area is 291 Å². The van der Waals surface area contributed by atoms with Crippen molar-refractivity contribution in [1.29, 1.82) is 0 Å². The molecule has 0 fully saturated rings. The molecular weight excluding hydrogens is 674 g/mol. The summed E-state index contributed by atoms with van der Waals surface area (Å²) in [6.07, 6.45) is 0. The molecule has 0 aromatic heterocycles. The summed E-state index contributed by atoms with van der Waals surface area (Å²) < 4.78 is 0. The van der Waals surface area contributed by atoms with Gasteiger partial charge in [0, 0.05) is 0 Å². The fourth-order valence-electron chi connectivity index (χ4n) is 8.00. The van der Waals surface area contributed by atoms with Crippen LogP contribution in [0.4, 0.5) is 0 Å². The molecule has 256 valence electrons. The predicted molar refractivity (Wildman–Crippen MR) is 221 cm³/mol. The van der Waals surface area contributed by atoms with Gasteiger partial charge in [-0.1, -0.05) is 48.1 Å². The minimum absolute atomic E-state index is 0.221. The summed E-state index contributed by atoms with van der Waals surface area (Å²) in [6.45, 7) is 72.8. The van der Waals surface area contributed by atoms with E-state index in [9.17, 15) is 0 Å². The largest absolute Gasteiger partial charge is 0.0703 e. The van der Waals surface area contributed by atoms with Crippen molar-refractivity contribution in [3.63, 3.8) is 0 Å². The van der Waals surface area contributed by atoms with E-state index in [2.05, 4.69) is 208 Å². The minimum Gasteiger partial charge on any atom is -0.0703 e. The third-order valence-electron chi connectivity index (χ3n) is 13.0. The maximum absolute atomic E-state index is 2.92. The molecule has 0 aliphatic heterocycles. The SMILES string of the molecule is CC(C)(C)[Si](C)([Si]([Si](=[Ge])[Si](C)(C(C)(C)C)C(C)(C)C)[Si](C)(C(C)(C)C)C(C)(C)C)C(C)(C)C.C[Si](C(C)(C)C)C(C)(C)C. The summed E-state index contributed by atoms with van der Waals surface area (Å²) in [4.78, 5) is 0. The third kappa shape index (κ3) is 9.51. The molecule has 0 bridgehead atoms. The van der Waals surface area contributed by atoms with Crippen molar-refractivity contribution in [3.8, 4) is 0 Å². The number of rotatable bonds is 4. The minimum atomic E-state index is -1.72. The van der Waals surface area contributed by atoms with Crippen molar-refractivity contribution >= 4 is 60.2 Å². The zero-order valence-corrected chi connectivity index (χ0v) is 43.6. The van der Waals surface area contributed by atoms with Gasteiger partial charge in [0.05, 0.1) is 8.80 Å². The molecule has 0 saturated heterocycles. The molecule has 0 aromatic rings. The zero-order chi connectivity index (χ0) is 36.2. The van der Waals surface area contributed by atoms with Crippen LogP contribution in [-0.2, 0) is 0 Å². The Morgan fingerprint density at radius 1 is 0.349 bits per heavy atom. The van der Waals surface area contributed by atoms with Crippen LogP contribution in [0.25, 0.3) is 0 Å².